The lowest BCUT2D eigenvalue weighted by molar-refractivity contribution is -0.121. The molecule has 0 saturated heterocycles. The van der Waals surface area contributed by atoms with Crippen molar-refractivity contribution in [1.82, 2.24) is 15.1 Å². The molecule has 1 aromatic heterocycles. The Kier molecular flexibility index (Phi) is 7.09. The first kappa shape index (κ1) is 21.1. The standard InChI is InChI=1S/C23H26BrN3O2/c1-16-11-17(2)27(26-16)15-20-6-4-5-19(12-20)14-25-23(28)10-8-18-7-9-22(29-3)21(24)13-18/h4-7,9,11-13H,8,10,14-15H2,1-3H3,(H,25,28). The Morgan fingerprint density at radius 2 is 1.90 bits per heavy atom. The van der Waals surface area contributed by atoms with Gasteiger partial charge >= 0.3 is 0 Å². The molecule has 152 valence electrons. The molecule has 1 amide bonds. The Morgan fingerprint density at radius 1 is 1.10 bits per heavy atom. The second-order valence-corrected chi connectivity index (χ2v) is 8.00. The van der Waals surface area contributed by atoms with Crippen LogP contribution in [0.25, 0.3) is 0 Å². The van der Waals surface area contributed by atoms with Crippen LogP contribution in [0.5, 0.6) is 5.75 Å². The van der Waals surface area contributed by atoms with Crippen LogP contribution in [0, 0.1) is 13.8 Å². The van der Waals surface area contributed by atoms with Crippen LogP contribution in [-0.4, -0.2) is 22.8 Å². The number of rotatable bonds is 8. The molecule has 0 unspecified atom stereocenters. The fourth-order valence-corrected chi connectivity index (χ4v) is 3.85. The number of aromatic nitrogens is 2. The van der Waals surface area contributed by atoms with Crippen molar-refractivity contribution in [2.45, 2.75) is 39.8 Å². The summed E-state index contributed by atoms with van der Waals surface area (Å²) in [6, 6.07) is 16.2. The summed E-state index contributed by atoms with van der Waals surface area (Å²) in [5.41, 5.74) is 5.52. The van der Waals surface area contributed by atoms with Gasteiger partial charge in [-0.3, -0.25) is 9.48 Å². The van der Waals surface area contributed by atoms with Gasteiger partial charge in [0, 0.05) is 18.7 Å². The molecular formula is C23H26BrN3O2. The molecule has 0 spiro atoms. The molecular weight excluding hydrogens is 430 g/mol. The van der Waals surface area contributed by atoms with Crippen LogP contribution in [0.2, 0.25) is 0 Å². The number of carbonyl (C=O) groups excluding carboxylic acids is 1. The normalized spacial score (nSPS) is 10.8. The van der Waals surface area contributed by atoms with Gasteiger partial charge in [-0.05, 0) is 71.1 Å². The molecule has 0 fully saturated rings. The third kappa shape index (κ3) is 5.94. The van der Waals surface area contributed by atoms with Gasteiger partial charge in [0.2, 0.25) is 5.91 Å². The van der Waals surface area contributed by atoms with Gasteiger partial charge in [0.05, 0.1) is 23.8 Å². The highest BCUT2D eigenvalue weighted by Gasteiger charge is 2.07. The number of amides is 1. The summed E-state index contributed by atoms with van der Waals surface area (Å²) < 4.78 is 8.14. The maximum atomic E-state index is 12.3. The van der Waals surface area contributed by atoms with E-state index in [0.29, 0.717) is 19.4 Å². The van der Waals surface area contributed by atoms with E-state index in [0.717, 1.165) is 39.3 Å². The largest absolute Gasteiger partial charge is 0.496 e. The van der Waals surface area contributed by atoms with Gasteiger partial charge in [0.15, 0.2) is 0 Å². The summed E-state index contributed by atoms with van der Waals surface area (Å²) in [5.74, 6) is 0.833. The van der Waals surface area contributed by atoms with Gasteiger partial charge in [-0.2, -0.15) is 5.10 Å². The molecule has 1 N–H and O–H groups in total. The van der Waals surface area contributed by atoms with Crippen LogP contribution in [0.15, 0.2) is 53.0 Å². The lowest BCUT2D eigenvalue weighted by Crippen LogP contribution is -2.23. The van der Waals surface area contributed by atoms with Gasteiger partial charge in [-0.15, -0.1) is 0 Å². The smallest absolute Gasteiger partial charge is 0.220 e. The molecule has 0 aliphatic carbocycles. The molecule has 0 radical (unpaired) electrons. The second kappa shape index (κ2) is 9.74. The molecule has 5 nitrogen and oxygen atoms in total. The van der Waals surface area contributed by atoms with Crippen molar-refractivity contribution < 1.29 is 9.53 Å². The number of halogens is 1. The number of carbonyl (C=O) groups is 1. The van der Waals surface area contributed by atoms with E-state index in [9.17, 15) is 4.79 Å². The van der Waals surface area contributed by atoms with Crippen molar-refractivity contribution in [3.05, 3.63) is 81.1 Å². The average Bonchev–Trinajstić information content (AvgIpc) is 3.02. The van der Waals surface area contributed by atoms with Crippen molar-refractivity contribution in [3.63, 3.8) is 0 Å². The summed E-state index contributed by atoms with van der Waals surface area (Å²) in [4.78, 5) is 12.3. The van der Waals surface area contributed by atoms with Crippen molar-refractivity contribution >= 4 is 21.8 Å². The van der Waals surface area contributed by atoms with E-state index < -0.39 is 0 Å². The maximum absolute atomic E-state index is 12.3. The SMILES string of the molecule is COc1ccc(CCC(=O)NCc2cccc(Cn3nc(C)cc3C)c2)cc1Br. The number of benzene rings is 2. The minimum atomic E-state index is 0.0425. The van der Waals surface area contributed by atoms with E-state index in [2.05, 4.69) is 51.5 Å². The maximum Gasteiger partial charge on any atom is 0.220 e. The fourth-order valence-electron chi connectivity index (χ4n) is 3.26. The second-order valence-electron chi connectivity index (χ2n) is 7.15. The number of methoxy groups -OCH3 is 1. The van der Waals surface area contributed by atoms with Gasteiger partial charge in [-0.1, -0.05) is 30.3 Å². The number of nitrogens with zero attached hydrogens (tertiary/aromatic N) is 2. The molecule has 1 heterocycles. The Morgan fingerprint density at radius 3 is 2.59 bits per heavy atom. The zero-order chi connectivity index (χ0) is 20.8. The molecule has 29 heavy (non-hydrogen) atoms. The van der Waals surface area contributed by atoms with E-state index in [1.807, 2.05) is 41.9 Å². The Bertz CT molecular complexity index is 998. The molecule has 6 heteroatoms. The topological polar surface area (TPSA) is 56.1 Å². The molecule has 0 aliphatic heterocycles. The van der Waals surface area contributed by atoms with E-state index in [1.54, 1.807) is 7.11 Å². The van der Waals surface area contributed by atoms with Crippen molar-refractivity contribution in [2.24, 2.45) is 0 Å². The molecule has 2 aromatic carbocycles. The van der Waals surface area contributed by atoms with E-state index in [4.69, 9.17) is 4.74 Å². The number of ether oxygens (including phenoxy) is 1. The number of nitrogens with one attached hydrogen (secondary N) is 1. The quantitative estimate of drug-likeness (QED) is 0.541. The third-order valence-corrected chi connectivity index (χ3v) is 5.39. The first-order valence-corrected chi connectivity index (χ1v) is 10.4. The third-order valence-electron chi connectivity index (χ3n) is 4.77. The summed E-state index contributed by atoms with van der Waals surface area (Å²) in [7, 11) is 1.64. The van der Waals surface area contributed by atoms with Crippen LogP contribution in [0.4, 0.5) is 0 Å². The predicted molar refractivity (Wildman–Crippen MR) is 118 cm³/mol. The van der Waals surface area contributed by atoms with Crippen LogP contribution in [-0.2, 0) is 24.3 Å². The van der Waals surface area contributed by atoms with E-state index >= 15 is 0 Å². The number of hydrogen-bond donors (Lipinski definition) is 1. The van der Waals surface area contributed by atoms with E-state index in [-0.39, 0.29) is 5.91 Å². The van der Waals surface area contributed by atoms with E-state index in [1.165, 1.54) is 5.56 Å². The molecule has 0 aliphatic rings. The Hall–Kier alpha value is -2.60. The molecule has 0 atom stereocenters. The van der Waals surface area contributed by atoms with Crippen LogP contribution >= 0.6 is 15.9 Å². The van der Waals surface area contributed by atoms with Crippen molar-refractivity contribution in [1.29, 1.82) is 0 Å². The Balaban J connectivity index is 1.51. The van der Waals surface area contributed by atoms with Gasteiger partial charge in [0.1, 0.15) is 5.75 Å². The summed E-state index contributed by atoms with van der Waals surface area (Å²) in [6.45, 7) is 5.31. The summed E-state index contributed by atoms with van der Waals surface area (Å²) in [6.07, 6.45) is 1.14. The first-order valence-electron chi connectivity index (χ1n) is 9.62. The van der Waals surface area contributed by atoms with Crippen molar-refractivity contribution in [3.8, 4) is 5.75 Å². The lowest BCUT2D eigenvalue weighted by atomic mass is 10.1. The van der Waals surface area contributed by atoms with Crippen LogP contribution in [0.1, 0.15) is 34.5 Å². The molecule has 0 bridgehead atoms. The first-order chi connectivity index (χ1) is 13.9. The minimum Gasteiger partial charge on any atom is -0.496 e. The highest BCUT2D eigenvalue weighted by molar-refractivity contribution is 9.10. The zero-order valence-corrected chi connectivity index (χ0v) is 18.6. The molecule has 0 saturated carbocycles. The fraction of sp³-hybridized carbons (Fsp3) is 0.304. The lowest BCUT2D eigenvalue weighted by Gasteiger charge is -2.09. The predicted octanol–water partition coefficient (Wildman–Crippen LogP) is 4.57. The van der Waals surface area contributed by atoms with Gasteiger partial charge < -0.3 is 10.1 Å². The van der Waals surface area contributed by atoms with Crippen molar-refractivity contribution in [2.75, 3.05) is 7.11 Å². The highest BCUT2D eigenvalue weighted by atomic mass is 79.9. The van der Waals surface area contributed by atoms with Crippen LogP contribution < -0.4 is 10.1 Å². The zero-order valence-electron chi connectivity index (χ0n) is 17.0. The van der Waals surface area contributed by atoms with Gasteiger partial charge in [-0.25, -0.2) is 0 Å². The summed E-state index contributed by atoms with van der Waals surface area (Å²) in [5, 5.41) is 7.53. The minimum absolute atomic E-state index is 0.0425. The summed E-state index contributed by atoms with van der Waals surface area (Å²) >= 11 is 3.48. The molecule has 3 rings (SSSR count). The molecule has 3 aromatic rings. The van der Waals surface area contributed by atoms with Gasteiger partial charge in [0.25, 0.3) is 0 Å². The highest BCUT2D eigenvalue weighted by Crippen LogP contribution is 2.25. The average molecular weight is 456 g/mol. The Labute approximate surface area is 180 Å². The van der Waals surface area contributed by atoms with Crippen LogP contribution in [0.3, 0.4) is 0 Å². The number of hydrogen-bond acceptors (Lipinski definition) is 3. The monoisotopic (exact) mass is 455 g/mol. The number of aryl methyl sites for hydroxylation is 3.